The summed E-state index contributed by atoms with van der Waals surface area (Å²) in [7, 11) is 0. The first kappa shape index (κ1) is 12.2. The van der Waals surface area contributed by atoms with Crippen molar-refractivity contribution in [2.75, 3.05) is 0 Å². The van der Waals surface area contributed by atoms with Gasteiger partial charge < -0.3 is 0 Å². The van der Waals surface area contributed by atoms with Crippen LogP contribution >= 0.6 is 11.3 Å². The van der Waals surface area contributed by atoms with Gasteiger partial charge in [-0.1, -0.05) is 23.0 Å². The summed E-state index contributed by atoms with van der Waals surface area (Å²) in [5, 5.41) is 9.11. The number of carbonyl (C=O) groups is 1. The molecule has 0 spiro atoms. The first-order valence-corrected chi connectivity index (χ1v) is 8.08. The van der Waals surface area contributed by atoms with E-state index >= 15 is 0 Å². The molecule has 6 heteroatoms. The molecule has 2 aromatic rings. The first-order valence-electron chi connectivity index (χ1n) is 7.26. The Labute approximate surface area is 121 Å². The van der Waals surface area contributed by atoms with Gasteiger partial charge in [0.2, 0.25) is 5.13 Å². The minimum Gasteiger partial charge on any atom is -0.296 e. The number of aldehydes is 1. The molecule has 0 aliphatic heterocycles. The maximum absolute atomic E-state index is 11.2. The molecule has 5 nitrogen and oxygen atoms in total. The number of hydrogen-bond acceptors (Lipinski definition) is 5. The summed E-state index contributed by atoms with van der Waals surface area (Å²) in [6.45, 7) is 0. The number of carbonyl (C=O) groups excluding carboxylic acids is 1. The highest BCUT2D eigenvalue weighted by molar-refractivity contribution is 7.14. The maximum Gasteiger partial charge on any atom is 0.212 e. The lowest BCUT2D eigenvalue weighted by molar-refractivity contribution is 0.111. The molecule has 2 aliphatic rings. The van der Waals surface area contributed by atoms with Gasteiger partial charge in [-0.2, -0.15) is 4.68 Å². The lowest BCUT2D eigenvalue weighted by Crippen LogP contribution is -2.15. The Morgan fingerprint density at radius 1 is 1.20 bits per heavy atom. The Hall–Kier alpha value is -1.56. The van der Waals surface area contributed by atoms with Crippen molar-refractivity contribution in [3.8, 4) is 5.13 Å². The molecule has 20 heavy (non-hydrogen) atoms. The predicted molar refractivity (Wildman–Crippen MR) is 75.7 cm³/mol. The number of nitrogens with zero attached hydrogens (tertiary/aromatic N) is 4. The summed E-state index contributed by atoms with van der Waals surface area (Å²) in [5.74, 6) is 0.422. The lowest BCUT2D eigenvalue weighted by Gasteiger charge is -2.25. The molecule has 0 unspecified atom stereocenters. The Kier molecular flexibility index (Phi) is 2.91. The van der Waals surface area contributed by atoms with Crippen molar-refractivity contribution in [1.82, 2.24) is 20.0 Å². The third-order valence-corrected chi connectivity index (χ3v) is 5.48. The van der Waals surface area contributed by atoms with Crippen LogP contribution in [0.3, 0.4) is 0 Å². The Balaban J connectivity index is 1.79. The lowest BCUT2D eigenvalue weighted by atomic mass is 9.82. The second-order valence-electron chi connectivity index (χ2n) is 5.59. The van der Waals surface area contributed by atoms with Gasteiger partial charge in [0.15, 0.2) is 6.29 Å². The second kappa shape index (κ2) is 4.77. The maximum atomic E-state index is 11.2. The third-order valence-electron chi connectivity index (χ3n) is 4.35. The van der Waals surface area contributed by atoms with Crippen molar-refractivity contribution >= 4 is 17.6 Å². The highest BCUT2D eigenvalue weighted by Crippen LogP contribution is 2.39. The second-order valence-corrected chi connectivity index (χ2v) is 6.65. The Morgan fingerprint density at radius 3 is 2.75 bits per heavy atom. The van der Waals surface area contributed by atoms with E-state index in [1.807, 2.05) is 4.68 Å². The third kappa shape index (κ3) is 1.82. The number of aromatic nitrogens is 4. The SMILES string of the molecule is O=Cc1nnn(-c2nc3c(s2)CCCC3)c1C1CCC1. The average Bonchev–Trinajstić information content (AvgIpc) is 2.99. The quantitative estimate of drug-likeness (QED) is 0.815. The van der Waals surface area contributed by atoms with Crippen molar-refractivity contribution in [3.05, 3.63) is 22.0 Å². The summed E-state index contributed by atoms with van der Waals surface area (Å²) in [6.07, 6.45) is 8.97. The molecule has 2 heterocycles. The monoisotopic (exact) mass is 288 g/mol. The summed E-state index contributed by atoms with van der Waals surface area (Å²) in [6, 6.07) is 0. The minimum absolute atomic E-state index is 0.422. The van der Waals surface area contributed by atoms with Crippen LogP contribution in [0, 0.1) is 0 Å². The minimum atomic E-state index is 0.422. The summed E-state index contributed by atoms with van der Waals surface area (Å²) in [4.78, 5) is 17.3. The zero-order valence-corrected chi connectivity index (χ0v) is 12.0. The van der Waals surface area contributed by atoms with E-state index in [4.69, 9.17) is 4.98 Å². The molecule has 1 fully saturated rings. The Morgan fingerprint density at radius 2 is 2.05 bits per heavy atom. The predicted octanol–water partition coefficient (Wildman–Crippen LogP) is 2.68. The van der Waals surface area contributed by atoms with Gasteiger partial charge >= 0.3 is 0 Å². The smallest absolute Gasteiger partial charge is 0.212 e. The van der Waals surface area contributed by atoms with E-state index in [0.717, 1.165) is 42.8 Å². The normalized spacial score (nSPS) is 18.6. The van der Waals surface area contributed by atoms with Crippen LogP contribution in [0.5, 0.6) is 0 Å². The van der Waals surface area contributed by atoms with E-state index < -0.39 is 0 Å². The molecule has 0 amide bonds. The van der Waals surface area contributed by atoms with Gasteiger partial charge in [-0.3, -0.25) is 4.79 Å². The van der Waals surface area contributed by atoms with Crippen LogP contribution in [0.25, 0.3) is 5.13 Å². The van der Waals surface area contributed by atoms with Gasteiger partial charge in [0, 0.05) is 10.8 Å². The van der Waals surface area contributed by atoms with Crippen molar-refractivity contribution in [1.29, 1.82) is 0 Å². The number of thiazole rings is 1. The number of rotatable bonds is 3. The van der Waals surface area contributed by atoms with Crippen molar-refractivity contribution in [2.45, 2.75) is 50.9 Å². The van der Waals surface area contributed by atoms with Crippen LogP contribution in [0.4, 0.5) is 0 Å². The summed E-state index contributed by atoms with van der Waals surface area (Å²) in [5.41, 5.74) is 2.68. The fourth-order valence-electron chi connectivity index (χ4n) is 3.02. The average molecular weight is 288 g/mol. The summed E-state index contributed by atoms with van der Waals surface area (Å²) < 4.78 is 1.82. The standard InChI is InChI=1S/C14H16N4OS/c19-8-11-13(9-4-3-5-9)18(17-16-11)14-15-10-6-1-2-7-12(10)20-14/h8-9H,1-7H2. The fraction of sp³-hybridized carbons (Fsp3) is 0.571. The van der Waals surface area contributed by atoms with E-state index in [1.165, 1.54) is 29.8 Å². The van der Waals surface area contributed by atoms with Gasteiger partial charge in [-0.25, -0.2) is 4.98 Å². The zero-order chi connectivity index (χ0) is 13.5. The van der Waals surface area contributed by atoms with Crippen LogP contribution in [-0.2, 0) is 12.8 Å². The molecule has 1 saturated carbocycles. The van der Waals surface area contributed by atoms with Crippen molar-refractivity contribution < 1.29 is 4.79 Å². The molecule has 0 N–H and O–H groups in total. The highest BCUT2D eigenvalue weighted by Gasteiger charge is 2.29. The number of fused-ring (bicyclic) bond motifs is 1. The van der Waals surface area contributed by atoms with Crippen LogP contribution in [0.2, 0.25) is 0 Å². The molecule has 0 bridgehead atoms. The molecule has 2 aromatic heterocycles. The molecular weight excluding hydrogens is 272 g/mol. The highest BCUT2D eigenvalue weighted by atomic mass is 32.1. The Bertz CT molecular complexity index is 633. The van der Waals surface area contributed by atoms with Crippen LogP contribution in [0.1, 0.15) is 64.8 Å². The van der Waals surface area contributed by atoms with E-state index in [9.17, 15) is 4.79 Å². The van der Waals surface area contributed by atoms with Crippen LogP contribution in [0.15, 0.2) is 0 Å². The van der Waals surface area contributed by atoms with Crippen LogP contribution in [-0.4, -0.2) is 26.3 Å². The van der Waals surface area contributed by atoms with Gasteiger partial charge in [0.1, 0.15) is 5.69 Å². The molecule has 2 aliphatic carbocycles. The summed E-state index contributed by atoms with van der Waals surface area (Å²) >= 11 is 1.71. The molecule has 0 aromatic carbocycles. The van der Waals surface area contributed by atoms with Gasteiger partial charge in [0.05, 0.1) is 11.4 Å². The van der Waals surface area contributed by atoms with Crippen molar-refractivity contribution in [2.24, 2.45) is 0 Å². The fourth-order valence-corrected chi connectivity index (χ4v) is 4.13. The molecule has 0 atom stereocenters. The number of aryl methyl sites for hydroxylation is 2. The van der Waals surface area contributed by atoms with E-state index in [0.29, 0.717) is 11.6 Å². The van der Waals surface area contributed by atoms with Gasteiger partial charge in [0.25, 0.3) is 0 Å². The molecular formula is C14H16N4OS. The van der Waals surface area contributed by atoms with E-state index in [-0.39, 0.29) is 0 Å². The number of hydrogen-bond donors (Lipinski definition) is 0. The van der Waals surface area contributed by atoms with E-state index in [2.05, 4.69) is 10.3 Å². The molecule has 0 radical (unpaired) electrons. The molecule has 4 rings (SSSR count). The first-order chi connectivity index (χ1) is 9.86. The van der Waals surface area contributed by atoms with Crippen molar-refractivity contribution in [3.63, 3.8) is 0 Å². The van der Waals surface area contributed by atoms with Crippen LogP contribution < -0.4 is 0 Å². The topological polar surface area (TPSA) is 60.7 Å². The molecule has 104 valence electrons. The zero-order valence-electron chi connectivity index (χ0n) is 11.2. The van der Waals surface area contributed by atoms with E-state index in [1.54, 1.807) is 11.3 Å². The van der Waals surface area contributed by atoms with Gasteiger partial charge in [-0.15, -0.1) is 5.10 Å². The largest absolute Gasteiger partial charge is 0.296 e. The molecule has 0 saturated heterocycles. The van der Waals surface area contributed by atoms with Gasteiger partial charge in [-0.05, 0) is 38.5 Å².